The van der Waals surface area contributed by atoms with Gasteiger partial charge in [-0.05, 0) is 42.9 Å². The molecule has 0 radical (unpaired) electrons. The van der Waals surface area contributed by atoms with Gasteiger partial charge in [0.05, 0.1) is 7.11 Å². The minimum atomic E-state index is 0.493. The first-order chi connectivity index (χ1) is 14.7. The first-order valence-electron chi connectivity index (χ1n) is 11.2. The molecule has 7 nitrogen and oxygen atoms in total. The summed E-state index contributed by atoms with van der Waals surface area (Å²) in [5.74, 6) is 3.49. The van der Waals surface area contributed by atoms with Gasteiger partial charge in [0.15, 0.2) is 5.96 Å². The van der Waals surface area contributed by atoms with E-state index in [1.807, 2.05) is 12.1 Å². The molecular weight excluding hydrogens is 376 g/mol. The highest BCUT2D eigenvalue weighted by Gasteiger charge is 2.22. The maximum absolute atomic E-state index is 5.24. The van der Waals surface area contributed by atoms with Crippen molar-refractivity contribution in [1.29, 1.82) is 0 Å². The number of ether oxygens (including phenoxy) is 1. The number of guanidine groups is 1. The Balaban J connectivity index is 1.57. The number of aromatic nitrogens is 3. The molecule has 30 heavy (non-hydrogen) atoms. The Labute approximate surface area is 180 Å². The molecule has 164 valence electrons. The molecule has 0 aliphatic heterocycles. The van der Waals surface area contributed by atoms with Gasteiger partial charge in [0.25, 0.3) is 0 Å². The zero-order chi connectivity index (χ0) is 21.2. The summed E-state index contributed by atoms with van der Waals surface area (Å²) >= 11 is 0. The predicted molar refractivity (Wildman–Crippen MR) is 121 cm³/mol. The number of benzene rings is 1. The van der Waals surface area contributed by atoms with Gasteiger partial charge in [-0.15, -0.1) is 10.2 Å². The van der Waals surface area contributed by atoms with Crippen LogP contribution in [0.4, 0.5) is 0 Å². The van der Waals surface area contributed by atoms with Crippen molar-refractivity contribution in [3.8, 4) is 5.75 Å². The minimum Gasteiger partial charge on any atom is -0.497 e. The van der Waals surface area contributed by atoms with Crippen LogP contribution >= 0.6 is 0 Å². The molecule has 2 unspecified atom stereocenters. The highest BCUT2D eigenvalue weighted by molar-refractivity contribution is 5.80. The lowest BCUT2D eigenvalue weighted by Crippen LogP contribution is -2.48. The van der Waals surface area contributed by atoms with Gasteiger partial charge in [-0.3, -0.25) is 4.99 Å². The molecule has 1 heterocycles. The maximum atomic E-state index is 5.24. The Morgan fingerprint density at radius 2 is 2.03 bits per heavy atom. The van der Waals surface area contributed by atoms with Crippen LogP contribution in [0.2, 0.25) is 0 Å². The van der Waals surface area contributed by atoms with E-state index < -0.39 is 0 Å². The van der Waals surface area contributed by atoms with E-state index >= 15 is 0 Å². The van der Waals surface area contributed by atoms with Crippen LogP contribution in [0.25, 0.3) is 0 Å². The van der Waals surface area contributed by atoms with Crippen LogP contribution in [0.15, 0.2) is 35.6 Å². The molecule has 1 aromatic carbocycles. The number of hydrogen-bond donors (Lipinski definition) is 2. The van der Waals surface area contributed by atoms with Crippen LogP contribution < -0.4 is 15.4 Å². The van der Waals surface area contributed by atoms with E-state index in [1.54, 1.807) is 13.4 Å². The second kappa shape index (κ2) is 11.6. The molecule has 1 aliphatic rings. The summed E-state index contributed by atoms with van der Waals surface area (Å²) in [5, 5.41) is 15.4. The van der Waals surface area contributed by atoms with E-state index in [0.29, 0.717) is 12.0 Å². The molecule has 1 fully saturated rings. The predicted octanol–water partition coefficient (Wildman–Crippen LogP) is 3.21. The van der Waals surface area contributed by atoms with E-state index in [0.717, 1.165) is 50.0 Å². The smallest absolute Gasteiger partial charge is 0.191 e. The monoisotopic (exact) mass is 412 g/mol. The van der Waals surface area contributed by atoms with Gasteiger partial charge >= 0.3 is 0 Å². The van der Waals surface area contributed by atoms with E-state index in [1.165, 1.54) is 31.2 Å². The van der Waals surface area contributed by atoms with Crippen LogP contribution in [0.1, 0.15) is 50.9 Å². The van der Waals surface area contributed by atoms with Gasteiger partial charge < -0.3 is 19.9 Å². The molecule has 0 saturated heterocycles. The molecule has 0 bridgehead atoms. The number of aliphatic imine (C=N–C) groups is 1. The number of methoxy groups -OCH3 is 1. The molecule has 0 spiro atoms. The summed E-state index contributed by atoms with van der Waals surface area (Å²) in [5.41, 5.74) is 1.27. The second-order valence-corrected chi connectivity index (χ2v) is 8.06. The summed E-state index contributed by atoms with van der Waals surface area (Å²) in [6, 6.07) is 8.72. The van der Waals surface area contributed by atoms with Gasteiger partial charge in [-0.1, -0.05) is 38.8 Å². The van der Waals surface area contributed by atoms with Crippen molar-refractivity contribution in [2.45, 2.75) is 65.0 Å². The number of aryl methyl sites for hydroxylation is 1. The minimum absolute atomic E-state index is 0.493. The molecule has 1 aliphatic carbocycles. The third-order valence-corrected chi connectivity index (χ3v) is 5.92. The zero-order valence-corrected chi connectivity index (χ0v) is 18.6. The Hall–Kier alpha value is -2.57. The molecule has 3 rings (SSSR count). The fourth-order valence-electron chi connectivity index (χ4n) is 3.98. The number of hydrogen-bond acceptors (Lipinski definition) is 4. The first kappa shape index (κ1) is 22.1. The van der Waals surface area contributed by atoms with Gasteiger partial charge in [0, 0.05) is 32.1 Å². The third kappa shape index (κ3) is 6.47. The fourth-order valence-corrected chi connectivity index (χ4v) is 3.98. The lowest BCUT2D eigenvalue weighted by molar-refractivity contribution is 0.306. The van der Waals surface area contributed by atoms with Crippen LogP contribution in [0.5, 0.6) is 5.75 Å². The quantitative estimate of drug-likeness (QED) is 0.489. The normalized spacial score (nSPS) is 19.5. The lowest BCUT2D eigenvalue weighted by atomic mass is 9.86. The SMILES string of the molecule is CCc1nncn1CCNC(=NCCc1ccc(OC)cc1)NC1CCCCC1C. The summed E-state index contributed by atoms with van der Waals surface area (Å²) in [4.78, 5) is 4.87. The Kier molecular flexibility index (Phi) is 8.53. The van der Waals surface area contributed by atoms with Crippen molar-refractivity contribution >= 4 is 5.96 Å². The van der Waals surface area contributed by atoms with Gasteiger partial charge in [-0.2, -0.15) is 0 Å². The van der Waals surface area contributed by atoms with E-state index in [9.17, 15) is 0 Å². The van der Waals surface area contributed by atoms with Crippen molar-refractivity contribution in [2.75, 3.05) is 20.2 Å². The van der Waals surface area contributed by atoms with Crippen LogP contribution in [-0.4, -0.2) is 47.0 Å². The van der Waals surface area contributed by atoms with Gasteiger partial charge in [-0.25, -0.2) is 0 Å². The molecule has 1 saturated carbocycles. The molecule has 2 atom stereocenters. The van der Waals surface area contributed by atoms with E-state index in [2.05, 4.69) is 51.4 Å². The van der Waals surface area contributed by atoms with Crippen LogP contribution in [-0.2, 0) is 19.4 Å². The zero-order valence-electron chi connectivity index (χ0n) is 18.6. The van der Waals surface area contributed by atoms with Crippen molar-refractivity contribution in [3.63, 3.8) is 0 Å². The Morgan fingerprint density at radius 3 is 2.77 bits per heavy atom. The third-order valence-electron chi connectivity index (χ3n) is 5.92. The van der Waals surface area contributed by atoms with E-state index in [-0.39, 0.29) is 0 Å². The highest BCUT2D eigenvalue weighted by Crippen LogP contribution is 2.23. The lowest BCUT2D eigenvalue weighted by Gasteiger charge is -2.31. The largest absolute Gasteiger partial charge is 0.497 e. The summed E-state index contributed by atoms with van der Waals surface area (Å²) < 4.78 is 7.34. The van der Waals surface area contributed by atoms with Gasteiger partial charge in [0.2, 0.25) is 0 Å². The summed E-state index contributed by atoms with van der Waals surface area (Å²) in [7, 11) is 1.69. The van der Waals surface area contributed by atoms with E-state index in [4.69, 9.17) is 9.73 Å². The van der Waals surface area contributed by atoms with Crippen molar-refractivity contribution < 1.29 is 4.74 Å². The second-order valence-electron chi connectivity index (χ2n) is 8.06. The molecule has 0 amide bonds. The fraction of sp³-hybridized carbons (Fsp3) is 0.609. The average Bonchev–Trinajstić information content (AvgIpc) is 3.23. The molecular formula is C23H36N6O. The van der Waals surface area contributed by atoms with Crippen LogP contribution in [0.3, 0.4) is 0 Å². The van der Waals surface area contributed by atoms with Crippen molar-refractivity contribution in [2.24, 2.45) is 10.9 Å². The summed E-state index contributed by atoms with van der Waals surface area (Å²) in [6.45, 7) is 6.81. The van der Waals surface area contributed by atoms with Crippen molar-refractivity contribution in [1.82, 2.24) is 25.4 Å². The standard InChI is InChI=1S/C23H36N6O/c1-4-22-28-26-17-29(22)16-15-25-23(27-21-8-6-5-7-18(21)2)24-14-13-19-9-11-20(30-3)12-10-19/h9-12,17-18,21H,4-8,13-16H2,1-3H3,(H2,24,25,27). The molecule has 1 aromatic heterocycles. The Morgan fingerprint density at radius 1 is 1.23 bits per heavy atom. The average molecular weight is 413 g/mol. The molecule has 2 aromatic rings. The van der Waals surface area contributed by atoms with Crippen molar-refractivity contribution in [3.05, 3.63) is 42.0 Å². The highest BCUT2D eigenvalue weighted by atomic mass is 16.5. The first-order valence-corrected chi connectivity index (χ1v) is 11.2. The number of nitrogens with zero attached hydrogens (tertiary/aromatic N) is 4. The topological polar surface area (TPSA) is 76.4 Å². The molecule has 7 heteroatoms. The Bertz CT molecular complexity index is 785. The van der Waals surface area contributed by atoms with Gasteiger partial charge in [0.1, 0.15) is 17.9 Å². The maximum Gasteiger partial charge on any atom is 0.191 e. The molecule has 2 N–H and O–H groups in total. The summed E-state index contributed by atoms with van der Waals surface area (Å²) in [6.07, 6.45) is 8.73. The number of rotatable bonds is 9. The number of nitrogens with one attached hydrogen (secondary N) is 2. The van der Waals surface area contributed by atoms with Crippen LogP contribution in [0, 0.1) is 5.92 Å².